The standard InChI is InChI=1S/C12H14INO2/c13-9-5-10(11(15)16)14(6-9)7-12(3-4-12)8-1-2-8/h5-6,8H,1-4,7H2,(H,15,16). The summed E-state index contributed by atoms with van der Waals surface area (Å²) in [5, 5.41) is 9.13. The summed E-state index contributed by atoms with van der Waals surface area (Å²) in [6.45, 7) is 0.905. The first kappa shape index (κ1) is 10.6. The van der Waals surface area contributed by atoms with E-state index in [-0.39, 0.29) is 0 Å². The van der Waals surface area contributed by atoms with E-state index in [1.807, 2.05) is 10.8 Å². The van der Waals surface area contributed by atoms with E-state index in [4.69, 9.17) is 5.11 Å². The minimum Gasteiger partial charge on any atom is -0.477 e. The van der Waals surface area contributed by atoms with Gasteiger partial charge in [-0.05, 0) is 65.7 Å². The summed E-state index contributed by atoms with van der Waals surface area (Å²) in [6.07, 6.45) is 7.23. The third-order valence-electron chi connectivity index (χ3n) is 3.90. The highest BCUT2D eigenvalue weighted by Crippen LogP contribution is 2.62. The van der Waals surface area contributed by atoms with Crippen molar-refractivity contribution in [2.24, 2.45) is 11.3 Å². The molecule has 16 heavy (non-hydrogen) atoms. The molecule has 4 heteroatoms. The van der Waals surface area contributed by atoms with Crippen molar-refractivity contribution in [3.63, 3.8) is 0 Å². The monoisotopic (exact) mass is 331 g/mol. The predicted octanol–water partition coefficient (Wildman–Crippen LogP) is 2.98. The van der Waals surface area contributed by atoms with Crippen molar-refractivity contribution in [3.8, 4) is 0 Å². The molecule has 0 spiro atoms. The molecule has 1 aromatic rings. The summed E-state index contributed by atoms with van der Waals surface area (Å²) >= 11 is 2.18. The lowest BCUT2D eigenvalue weighted by molar-refractivity contribution is 0.0683. The fourth-order valence-corrected chi connectivity index (χ4v) is 3.31. The van der Waals surface area contributed by atoms with Gasteiger partial charge in [-0.1, -0.05) is 0 Å². The Labute approximate surface area is 108 Å². The maximum atomic E-state index is 11.1. The van der Waals surface area contributed by atoms with Crippen LogP contribution in [0.3, 0.4) is 0 Å². The Hall–Kier alpha value is -0.520. The number of rotatable bonds is 4. The van der Waals surface area contributed by atoms with E-state index in [1.165, 1.54) is 25.7 Å². The number of hydrogen-bond acceptors (Lipinski definition) is 1. The minimum atomic E-state index is -0.811. The van der Waals surface area contributed by atoms with Gasteiger partial charge in [0.15, 0.2) is 0 Å². The predicted molar refractivity (Wildman–Crippen MR) is 68.5 cm³/mol. The number of carboxylic acid groups (broad SMARTS) is 1. The van der Waals surface area contributed by atoms with Crippen molar-refractivity contribution >= 4 is 28.6 Å². The molecule has 0 atom stereocenters. The van der Waals surface area contributed by atoms with Gasteiger partial charge in [-0.25, -0.2) is 4.79 Å². The molecule has 86 valence electrons. The van der Waals surface area contributed by atoms with Crippen LogP contribution in [-0.4, -0.2) is 15.6 Å². The first-order chi connectivity index (χ1) is 7.61. The molecule has 0 radical (unpaired) electrons. The third kappa shape index (κ3) is 1.77. The highest BCUT2D eigenvalue weighted by atomic mass is 127. The molecule has 3 nitrogen and oxygen atoms in total. The molecule has 0 amide bonds. The van der Waals surface area contributed by atoms with Gasteiger partial charge in [0.25, 0.3) is 0 Å². The van der Waals surface area contributed by atoms with Crippen LogP contribution in [0.15, 0.2) is 12.3 Å². The van der Waals surface area contributed by atoms with Gasteiger partial charge in [0.05, 0.1) is 0 Å². The van der Waals surface area contributed by atoms with Crippen LogP contribution in [-0.2, 0) is 6.54 Å². The number of nitrogens with zero attached hydrogens (tertiary/aromatic N) is 1. The fraction of sp³-hybridized carbons (Fsp3) is 0.583. The molecule has 1 N–H and O–H groups in total. The lowest BCUT2D eigenvalue weighted by Gasteiger charge is -2.16. The van der Waals surface area contributed by atoms with Crippen LogP contribution < -0.4 is 0 Å². The first-order valence-electron chi connectivity index (χ1n) is 5.70. The highest BCUT2D eigenvalue weighted by molar-refractivity contribution is 14.1. The summed E-state index contributed by atoms with van der Waals surface area (Å²) in [5.41, 5.74) is 0.892. The van der Waals surface area contributed by atoms with Crippen LogP contribution in [0.1, 0.15) is 36.2 Å². The van der Waals surface area contributed by atoms with E-state index >= 15 is 0 Å². The molecule has 2 fully saturated rings. The Morgan fingerprint density at radius 3 is 2.75 bits per heavy atom. The Kier molecular flexibility index (Phi) is 2.31. The SMILES string of the molecule is O=C(O)c1cc(I)cn1CC1(C2CC2)CC1. The average molecular weight is 331 g/mol. The summed E-state index contributed by atoms with van der Waals surface area (Å²) in [7, 11) is 0. The summed E-state index contributed by atoms with van der Waals surface area (Å²) < 4.78 is 2.96. The second-order valence-corrected chi connectivity index (χ2v) is 6.36. The van der Waals surface area contributed by atoms with Gasteiger partial charge in [0, 0.05) is 16.3 Å². The highest BCUT2D eigenvalue weighted by Gasteiger charge is 2.53. The Balaban J connectivity index is 1.86. The summed E-state index contributed by atoms with van der Waals surface area (Å²) in [6, 6.07) is 1.76. The smallest absolute Gasteiger partial charge is 0.352 e. The number of hydrogen-bond donors (Lipinski definition) is 1. The molecule has 1 aromatic heterocycles. The summed E-state index contributed by atoms with van der Waals surface area (Å²) in [5.74, 6) is 0.0590. The molecule has 0 saturated heterocycles. The quantitative estimate of drug-likeness (QED) is 0.862. The van der Waals surface area contributed by atoms with Crippen LogP contribution in [0.2, 0.25) is 0 Å². The lowest BCUT2D eigenvalue weighted by atomic mass is 10.0. The number of carboxylic acids is 1. The van der Waals surface area contributed by atoms with Crippen molar-refractivity contribution in [1.82, 2.24) is 4.57 Å². The molecule has 2 aliphatic rings. The first-order valence-corrected chi connectivity index (χ1v) is 6.78. The van der Waals surface area contributed by atoms with Gasteiger partial charge < -0.3 is 9.67 Å². The molecule has 0 aromatic carbocycles. The largest absolute Gasteiger partial charge is 0.477 e. The molecule has 2 aliphatic carbocycles. The van der Waals surface area contributed by atoms with E-state index in [2.05, 4.69) is 22.6 Å². The normalized spacial score (nSPS) is 22.1. The van der Waals surface area contributed by atoms with Crippen LogP contribution in [0, 0.1) is 14.9 Å². The lowest BCUT2D eigenvalue weighted by Crippen LogP contribution is -2.17. The minimum absolute atomic E-state index is 0.441. The van der Waals surface area contributed by atoms with E-state index in [0.717, 1.165) is 16.0 Å². The third-order valence-corrected chi connectivity index (χ3v) is 4.49. The zero-order valence-corrected chi connectivity index (χ0v) is 11.1. The van der Waals surface area contributed by atoms with Crippen molar-refractivity contribution in [3.05, 3.63) is 21.5 Å². The molecule has 0 bridgehead atoms. The van der Waals surface area contributed by atoms with Gasteiger partial charge >= 0.3 is 5.97 Å². The number of carbonyl (C=O) groups is 1. The number of aromatic carboxylic acids is 1. The zero-order chi connectivity index (χ0) is 11.3. The molecule has 0 unspecified atom stereocenters. The Bertz CT molecular complexity index is 444. The van der Waals surface area contributed by atoms with Gasteiger partial charge in [-0.2, -0.15) is 0 Å². The van der Waals surface area contributed by atoms with Crippen molar-refractivity contribution < 1.29 is 9.90 Å². The second kappa shape index (κ2) is 3.48. The van der Waals surface area contributed by atoms with Crippen LogP contribution in [0.4, 0.5) is 0 Å². The molecule has 1 heterocycles. The zero-order valence-electron chi connectivity index (χ0n) is 8.95. The van der Waals surface area contributed by atoms with Crippen LogP contribution in [0.25, 0.3) is 0 Å². The summed E-state index contributed by atoms with van der Waals surface area (Å²) in [4.78, 5) is 11.1. The van der Waals surface area contributed by atoms with E-state index in [1.54, 1.807) is 6.07 Å². The molecule has 3 rings (SSSR count). The maximum Gasteiger partial charge on any atom is 0.352 e. The maximum absolute atomic E-state index is 11.1. The van der Waals surface area contributed by atoms with Gasteiger partial charge in [-0.3, -0.25) is 0 Å². The second-order valence-electron chi connectivity index (χ2n) is 5.11. The molecular weight excluding hydrogens is 317 g/mol. The van der Waals surface area contributed by atoms with Crippen LogP contribution in [0.5, 0.6) is 0 Å². The van der Waals surface area contributed by atoms with Crippen molar-refractivity contribution in [2.45, 2.75) is 32.2 Å². The molecular formula is C12H14INO2. The van der Waals surface area contributed by atoms with Gasteiger partial charge in [0.1, 0.15) is 5.69 Å². The van der Waals surface area contributed by atoms with E-state index in [9.17, 15) is 4.79 Å². The Morgan fingerprint density at radius 1 is 1.56 bits per heavy atom. The Morgan fingerprint density at radius 2 is 2.25 bits per heavy atom. The van der Waals surface area contributed by atoms with Gasteiger partial charge in [0.2, 0.25) is 0 Å². The number of halogens is 1. The van der Waals surface area contributed by atoms with Crippen LogP contribution >= 0.6 is 22.6 Å². The number of aromatic nitrogens is 1. The van der Waals surface area contributed by atoms with Crippen molar-refractivity contribution in [2.75, 3.05) is 0 Å². The molecule has 0 aliphatic heterocycles. The topological polar surface area (TPSA) is 42.2 Å². The van der Waals surface area contributed by atoms with Gasteiger partial charge in [-0.15, -0.1) is 0 Å². The molecule has 2 saturated carbocycles. The van der Waals surface area contributed by atoms with Crippen molar-refractivity contribution in [1.29, 1.82) is 0 Å². The fourth-order valence-electron chi connectivity index (χ4n) is 2.68. The van der Waals surface area contributed by atoms with E-state index < -0.39 is 5.97 Å². The van der Waals surface area contributed by atoms with E-state index in [0.29, 0.717) is 11.1 Å². The average Bonchev–Trinajstić information content (AvgIpc) is 3.05.